The van der Waals surface area contributed by atoms with Gasteiger partial charge in [0.2, 0.25) is 0 Å². The van der Waals surface area contributed by atoms with Gasteiger partial charge in [-0.05, 0) is 27.6 Å². The summed E-state index contributed by atoms with van der Waals surface area (Å²) < 4.78 is 0.810. The highest BCUT2D eigenvalue weighted by atomic mass is 79.9. The molecular formula is C6H6Br2N2. The molecule has 54 valence electrons. The molecule has 0 spiro atoms. The predicted octanol–water partition coefficient (Wildman–Crippen LogP) is 2.32. The second-order valence-electron chi connectivity index (χ2n) is 1.82. The first-order chi connectivity index (χ1) is 4.74. The van der Waals surface area contributed by atoms with Crippen LogP contribution >= 0.6 is 31.9 Å². The van der Waals surface area contributed by atoms with Crippen molar-refractivity contribution in [3.63, 3.8) is 0 Å². The molecule has 0 aliphatic rings. The minimum Gasteiger partial charge on any atom is -0.384 e. The lowest BCUT2D eigenvalue weighted by Gasteiger charge is -1.98. The van der Waals surface area contributed by atoms with Gasteiger partial charge in [0.05, 0.1) is 0 Å². The summed E-state index contributed by atoms with van der Waals surface area (Å²) in [6.07, 6.45) is 0. The first-order valence-corrected chi connectivity index (χ1v) is 4.62. The van der Waals surface area contributed by atoms with Crippen LogP contribution in [-0.2, 0) is 5.33 Å². The van der Waals surface area contributed by atoms with E-state index >= 15 is 0 Å². The van der Waals surface area contributed by atoms with Gasteiger partial charge in [0.15, 0.2) is 0 Å². The quantitative estimate of drug-likeness (QED) is 0.625. The highest BCUT2D eigenvalue weighted by molar-refractivity contribution is 9.10. The van der Waals surface area contributed by atoms with E-state index in [2.05, 4.69) is 36.8 Å². The third kappa shape index (κ3) is 1.70. The number of alkyl halides is 1. The number of nitrogens with two attached hydrogens (primary N) is 1. The molecular weight excluding hydrogens is 260 g/mol. The summed E-state index contributed by atoms with van der Waals surface area (Å²) in [7, 11) is 0. The number of halogens is 2. The number of pyridine rings is 1. The molecule has 0 aliphatic carbocycles. The molecule has 0 aromatic carbocycles. The number of hydrogen-bond donors (Lipinski definition) is 1. The average molecular weight is 266 g/mol. The molecule has 1 heterocycles. The molecule has 0 amide bonds. The van der Waals surface area contributed by atoms with Crippen molar-refractivity contribution < 1.29 is 0 Å². The molecule has 0 atom stereocenters. The van der Waals surface area contributed by atoms with Crippen LogP contribution in [0.4, 0.5) is 5.82 Å². The largest absolute Gasteiger partial charge is 0.384 e. The van der Waals surface area contributed by atoms with Crippen LogP contribution in [-0.4, -0.2) is 4.98 Å². The van der Waals surface area contributed by atoms with Crippen LogP contribution in [0.2, 0.25) is 0 Å². The van der Waals surface area contributed by atoms with Crippen LogP contribution < -0.4 is 5.73 Å². The Bertz CT molecular complexity index is 237. The Morgan fingerprint density at radius 3 is 2.70 bits per heavy atom. The van der Waals surface area contributed by atoms with E-state index < -0.39 is 0 Å². The van der Waals surface area contributed by atoms with Gasteiger partial charge in [0.1, 0.15) is 10.4 Å². The number of aromatic nitrogens is 1. The van der Waals surface area contributed by atoms with Crippen molar-refractivity contribution in [3.8, 4) is 0 Å². The average Bonchev–Trinajstić information content (AvgIpc) is 1.88. The molecule has 0 aliphatic heterocycles. The Labute approximate surface area is 76.1 Å². The van der Waals surface area contributed by atoms with E-state index in [0.29, 0.717) is 5.82 Å². The summed E-state index contributed by atoms with van der Waals surface area (Å²) >= 11 is 6.61. The van der Waals surface area contributed by atoms with Crippen LogP contribution in [0.25, 0.3) is 0 Å². The van der Waals surface area contributed by atoms with Crippen molar-refractivity contribution >= 4 is 37.7 Å². The van der Waals surface area contributed by atoms with E-state index in [0.717, 1.165) is 15.5 Å². The van der Waals surface area contributed by atoms with E-state index in [1.54, 1.807) is 6.07 Å². The summed E-state index contributed by atoms with van der Waals surface area (Å²) in [4.78, 5) is 4.01. The summed E-state index contributed by atoms with van der Waals surface area (Å²) in [5.74, 6) is 0.538. The van der Waals surface area contributed by atoms with Gasteiger partial charge in [-0.15, -0.1) is 0 Å². The molecule has 4 heteroatoms. The Morgan fingerprint density at radius 2 is 2.20 bits per heavy atom. The summed E-state index contributed by atoms with van der Waals surface area (Å²) in [5, 5.41) is 0.793. The van der Waals surface area contributed by atoms with Crippen LogP contribution in [0.15, 0.2) is 16.7 Å². The maximum absolute atomic E-state index is 5.43. The van der Waals surface area contributed by atoms with Gasteiger partial charge in [-0.3, -0.25) is 0 Å². The first-order valence-electron chi connectivity index (χ1n) is 2.71. The molecule has 1 aromatic rings. The van der Waals surface area contributed by atoms with Gasteiger partial charge >= 0.3 is 0 Å². The third-order valence-corrected chi connectivity index (χ3v) is 2.38. The minimum absolute atomic E-state index is 0.538. The Hall–Kier alpha value is -0.0900. The van der Waals surface area contributed by atoms with Gasteiger partial charge in [-0.2, -0.15) is 0 Å². The fourth-order valence-corrected chi connectivity index (χ4v) is 1.88. The van der Waals surface area contributed by atoms with Gasteiger partial charge < -0.3 is 5.73 Å². The molecule has 0 unspecified atom stereocenters. The lowest BCUT2D eigenvalue weighted by molar-refractivity contribution is 1.22. The minimum atomic E-state index is 0.538. The molecule has 1 rings (SSSR count). The van der Waals surface area contributed by atoms with E-state index in [1.165, 1.54) is 0 Å². The summed E-state index contributed by atoms with van der Waals surface area (Å²) in [6, 6.07) is 3.71. The first kappa shape index (κ1) is 8.01. The van der Waals surface area contributed by atoms with Crippen LogP contribution in [0.3, 0.4) is 0 Å². The Balaban J connectivity index is 3.07. The van der Waals surface area contributed by atoms with Crippen molar-refractivity contribution in [2.45, 2.75) is 5.33 Å². The lowest BCUT2D eigenvalue weighted by atomic mass is 10.3. The number of nitrogen functional groups attached to an aromatic ring is 1. The topological polar surface area (TPSA) is 38.9 Å². The number of anilines is 1. The summed E-state index contributed by atoms with van der Waals surface area (Å²) in [5.41, 5.74) is 6.53. The van der Waals surface area contributed by atoms with Gasteiger partial charge in [0.25, 0.3) is 0 Å². The maximum Gasteiger partial charge on any atom is 0.124 e. The lowest BCUT2D eigenvalue weighted by Crippen LogP contribution is -1.92. The van der Waals surface area contributed by atoms with Gasteiger partial charge in [-0.1, -0.05) is 22.0 Å². The molecule has 10 heavy (non-hydrogen) atoms. The monoisotopic (exact) mass is 264 g/mol. The zero-order valence-corrected chi connectivity index (χ0v) is 8.31. The van der Waals surface area contributed by atoms with Gasteiger partial charge in [0, 0.05) is 5.33 Å². The second-order valence-corrected chi connectivity index (χ2v) is 3.13. The number of rotatable bonds is 1. The maximum atomic E-state index is 5.43. The predicted molar refractivity (Wildman–Crippen MR) is 49.0 cm³/mol. The molecule has 0 saturated heterocycles. The molecule has 0 saturated carbocycles. The number of nitrogens with zero attached hydrogens (tertiary/aromatic N) is 1. The SMILES string of the molecule is Nc1ccc(CBr)c(Br)n1. The van der Waals surface area contributed by atoms with Crippen molar-refractivity contribution in [1.29, 1.82) is 0 Å². The molecule has 2 nitrogen and oxygen atoms in total. The van der Waals surface area contributed by atoms with Crippen molar-refractivity contribution in [1.82, 2.24) is 4.98 Å². The zero-order valence-electron chi connectivity index (χ0n) is 5.14. The second kappa shape index (κ2) is 3.34. The van der Waals surface area contributed by atoms with Crippen LogP contribution in [0.1, 0.15) is 5.56 Å². The molecule has 0 radical (unpaired) electrons. The highest BCUT2D eigenvalue weighted by Crippen LogP contribution is 2.17. The Kier molecular flexibility index (Phi) is 2.68. The molecule has 1 aromatic heterocycles. The third-order valence-electron chi connectivity index (χ3n) is 1.09. The molecule has 0 bridgehead atoms. The van der Waals surface area contributed by atoms with Crippen molar-refractivity contribution in [3.05, 3.63) is 22.3 Å². The van der Waals surface area contributed by atoms with Crippen LogP contribution in [0, 0.1) is 0 Å². The highest BCUT2D eigenvalue weighted by Gasteiger charge is 1.97. The van der Waals surface area contributed by atoms with E-state index in [-0.39, 0.29) is 0 Å². The fourth-order valence-electron chi connectivity index (χ4n) is 0.577. The smallest absolute Gasteiger partial charge is 0.124 e. The number of hydrogen-bond acceptors (Lipinski definition) is 2. The van der Waals surface area contributed by atoms with Crippen molar-refractivity contribution in [2.24, 2.45) is 0 Å². The standard InChI is InChI=1S/C6H6Br2N2/c7-3-4-1-2-5(9)10-6(4)8/h1-2H,3H2,(H2,9,10). The zero-order chi connectivity index (χ0) is 7.56. The van der Waals surface area contributed by atoms with E-state index in [1.807, 2.05) is 6.07 Å². The fraction of sp³-hybridized carbons (Fsp3) is 0.167. The van der Waals surface area contributed by atoms with Crippen LogP contribution in [0.5, 0.6) is 0 Å². The molecule has 2 N–H and O–H groups in total. The Morgan fingerprint density at radius 1 is 1.50 bits per heavy atom. The summed E-state index contributed by atoms with van der Waals surface area (Å²) in [6.45, 7) is 0. The van der Waals surface area contributed by atoms with Gasteiger partial charge in [-0.25, -0.2) is 4.98 Å². The van der Waals surface area contributed by atoms with E-state index in [4.69, 9.17) is 5.73 Å². The van der Waals surface area contributed by atoms with Crippen molar-refractivity contribution in [2.75, 3.05) is 5.73 Å². The normalized spacial score (nSPS) is 9.80. The van der Waals surface area contributed by atoms with E-state index in [9.17, 15) is 0 Å². The molecule has 0 fully saturated rings.